The first-order valence-electron chi connectivity index (χ1n) is 8.08. The fraction of sp³-hybridized carbons (Fsp3) is 1.00. The van der Waals surface area contributed by atoms with Gasteiger partial charge >= 0.3 is 0 Å². The Kier molecular flexibility index (Phi) is 5.50. The van der Waals surface area contributed by atoms with Crippen molar-refractivity contribution in [2.45, 2.75) is 70.4 Å². The average Bonchev–Trinajstić information content (AvgIpc) is 2.90. The maximum Gasteiger partial charge on any atom is 0.0220 e. The van der Waals surface area contributed by atoms with E-state index in [-0.39, 0.29) is 0 Å². The molecule has 0 saturated heterocycles. The second-order valence-corrected chi connectivity index (χ2v) is 6.79. The topological polar surface area (TPSA) is 15.3 Å². The molecule has 2 fully saturated rings. The maximum atomic E-state index is 3.58. The standard InChI is InChI=1S/C16H32N2/c1-13-8-10-15(11-9-13)18(3)12-16(17-2)14-6-4-5-7-14/h13-17H,4-12H2,1-3H3. The van der Waals surface area contributed by atoms with E-state index < -0.39 is 0 Å². The summed E-state index contributed by atoms with van der Waals surface area (Å²) in [6, 6.07) is 1.57. The predicted molar refractivity (Wildman–Crippen MR) is 78.9 cm³/mol. The van der Waals surface area contributed by atoms with Gasteiger partial charge in [-0.1, -0.05) is 19.8 Å². The number of rotatable bonds is 5. The zero-order chi connectivity index (χ0) is 13.0. The van der Waals surface area contributed by atoms with E-state index in [0.29, 0.717) is 0 Å². The molecule has 1 unspecified atom stereocenters. The van der Waals surface area contributed by atoms with Gasteiger partial charge in [0.25, 0.3) is 0 Å². The van der Waals surface area contributed by atoms with E-state index in [9.17, 15) is 0 Å². The summed E-state index contributed by atoms with van der Waals surface area (Å²) in [4.78, 5) is 2.64. The highest BCUT2D eigenvalue weighted by atomic mass is 15.2. The average molecular weight is 252 g/mol. The summed E-state index contributed by atoms with van der Waals surface area (Å²) in [6.45, 7) is 3.66. The smallest absolute Gasteiger partial charge is 0.0220 e. The second-order valence-electron chi connectivity index (χ2n) is 6.79. The van der Waals surface area contributed by atoms with E-state index in [4.69, 9.17) is 0 Å². The zero-order valence-corrected chi connectivity index (χ0v) is 12.6. The molecule has 0 bridgehead atoms. The van der Waals surface area contributed by atoms with Gasteiger partial charge in [-0.3, -0.25) is 0 Å². The van der Waals surface area contributed by atoms with Crippen molar-refractivity contribution >= 4 is 0 Å². The van der Waals surface area contributed by atoms with Crippen molar-refractivity contribution in [1.82, 2.24) is 10.2 Å². The van der Waals surface area contributed by atoms with Crippen molar-refractivity contribution in [1.29, 1.82) is 0 Å². The van der Waals surface area contributed by atoms with Crippen LogP contribution in [0.1, 0.15) is 58.3 Å². The van der Waals surface area contributed by atoms with Crippen LogP contribution in [0.4, 0.5) is 0 Å². The molecule has 2 heteroatoms. The molecule has 1 atom stereocenters. The molecule has 2 saturated carbocycles. The van der Waals surface area contributed by atoms with Crippen LogP contribution in [0.15, 0.2) is 0 Å². The maximum absolute atomic E-state index is 3.58. The van der Waals surface area contributed by atoms with E-state index in [0.717, 1.165) is 23.9 Å². The normalized spacial score (nSPS) is 32.0. The Morgan fingerprint density at radius 2 is 1.67 bits per heavy atom. The molecule has 0 spiro atoms. The molecule has 0 heterocycles. The molecule has 0 aliphatic heterocycles. The van der Waals surface area contributed by atoms with Crippen LogP contribution in [0, 0.1) is 11.8 Å². The SMILES string of the molecule is CNC(CN(C)C1CCC(C)CC1)C1CCCC1. The van der Waals surface area contributed by atoms with Gasteiger partial charge in [0.1, 0.15) is 0 Å². The number of hydrogen-bond acceptors (Lipinski definition) is 2. The van der Waals surface area contributed by atoms with Gasteiger partial charge in [0.05, 0.1) is 0 Å². The highest BCUT2D eigenvalue weighted by Crippen LogP contribution is 2.30. The molecule has 0 aromatic carbocycles. The van der Waals surface area contributed by atoms with Crippen LogP contribution < -0.4 is 5.32 Å². The van der Waals surface area contributed by atoms with E-state index in [1.54, 1.807) is 0 Å². The molecular weight excluding hydrogens is 220 g/mol. The Labute approximate surface area is 114 Å². The lowest BCUT2D eigenvalue weighted by Gasteiger charge is -2.37. The van der Waals surface area contributed by atoms with E-state index in [1.807, 2.05) is 0 Å². The first-order chi connectivity index (χ1) is 8.70. The molecule has 2 rings (SSSR count). The summed E-state index contributed by atoms with van der Waals surface area (Å²) in [7, 11) is 4.50. The van der Waals surface area contributed by atoms with Gasteiger partial charge in [-0.05, 0) is 64.5 Å². The Morgan fingerprint density at radius 3 is 2.22 bits per heavy atom. The van der Waals surface area contributed by atoms with Crippen molar-refractivity contribution in [3.8, 4) is 0 Å². The first kappa shape index (κ1) is 14.3. The van der Waals surface area contributed by atoms with Crippen molar-refractivity contribution in [3.63, 3.8) is 0 Å². The Hall–Kier alpha value is -0.0800. The van der Waals surface area contributed by atoms with E-state index >= 15 is 0 Å². The van der Waals surface area contributed by atoms with Crippen LogP contribution in [0.3, 0.4) is 0 Å². The fourth-order valence-electron chi connectivity index (χ4n) is 3.98. The molecule has 2 nitrogen and oxygen atoms in total. The number of nitrogens with one attached hydrogen (secondary N) is 1. The van der Waals surface area contributed by atoms with Gasteiger partial charge in [-0.25, -0.2) is 0 Å². The largest absolute Gasteiger partial charge is 0.315 e. The zero-order valence-electron chi connectivity index (χ0n) is 12.6. The minimum Gasteiger partial charge on any atom is -0.315 e. The summed E-state index contributed by atoms with van der Waals surface area (Å²) < 4.78 is 0. The molecule has 1 N–H and O–H groups in total. The first-order valence-corrected chi connectivity index (χ1v) is 8.08. The summed E-state index contributed by atoms with van der Waals surface area (Å²) >= 11 is 0. The van der Waals surface area contributed by atoms with Gasteiger partial charge in [-0.2, -0.15) is 0 Å². The molecule has 0 aromatic heterocycles. The molecule has 0 aromatic rings. The summed E-state index contributed by atoms with van der Waals surface area (Å²) in [5, 5.41) is 3.58. The van der Waals surface area contributed by atoms with Gasteiger partial charge in [-0.15, -0.1) is 0 Å². The van der Waals surface area contributed by atoms with Gasteiger partial charge in [0.2, 0.25) is 0 Å². The van der Waals surface area contributed by atoms with Crippen molar-refractivity contribution in [3.05, 3.63) is 0 Å². The fourth-order valence-corrected chi connectivity index (χ4v) is 3.98. The molecule has 2 aliphatic carbocycles. The highest BCUT2D eigenvalue weighted by Gasteiger charge is 2.28. The number of likely N-dealkylation sites (N-methyl/N-ethyl adjacent to an activating group) is 2. The lowest BCUT2D eigenvalue weighted by atomic mass is 9.86. The van der Waals surface area contributed by atoms with Crippen LogP contribution in [0.5, 0.6) is 0 Å². The summed E-state index contributed by atoms with van der Waals surface area (Å²) in [6.07, 6.45) is 11.5. The van der Waals surface area contributed by atoms with Crippen molar-refractivity contribution < 1.29 is 0 Å². The monoisotopic (exact) mass is 252 g/mol. The lowest BCUT2D eigenvalue weighted by molar-refractivity contribution is 0.144. The van der Waals surface area contributed by atoms with Crippen LogP contribution in [-0.4, -0.2) is 37.6 Å². The second kappa shape index (κ2) is 6.91. The summed E-state index contributed by atoms with van der Waals surface area (Å²) in [5.41, 5.74) is 0. The Balaban J connectivity index is 1.79. The minimum atomic E-state index is 0.719. The molecule has 2 aliphatic rings. The van der Waals surface area contributed by atoms with Crippen LogP contribution in [0.2, 0.25) is 0 Å². The minimum absolute atomic E-state index is 0.719. The van der Waals surface area contributed by atoms with E-state index in [2.05, 4.69) is 31.2 Å². The van der Waals surface area contributed by atoms with Gasteiger partial charge in [0, 0.05) is 18.6 Å². The molecule has 106 valence electrons. The van der Waals surface area contributed by atoms with Crippen molar-refractivity contribution in [2.75, 3.05) is 20.6 Å². The van der Waals surface area contributed by atoms with Crippen LogP contribution in [0.25, 0.3) is 0 Å². The van der Waals surface area contributed by atoms with E-state index in [1.165, 1.54) is 57.9 Å². The Morgan fingerprint density at radius 1 is 1.06 bits per heavy atom. The third kappa shape index (κ3) is 3.71. The highest BCUT2D eigenvalue weighted by molar-refractivity contribution is 4.85. The molecule has 18 heavy (non-hydrogen) atoms. The van der Waals surface area contributed by atoms with Crippen LogP contribution >= 0.6 is 0 Å². The lowest BCUT2D eigenvalue weighted by Crippen LogP contribution is -2.46. The number of hydrogen-bond donors (Lipinski definition) is 1. The van der Waals surface area contributed by atoms with Crippen molar-refractivity contribution in [2.24, 2.45) is 11.8 Å². The van der Waals surface area contributed by atoms with Crippen LogP contribution in [-0.2, 0) is 0 Å². The third-order valence-electron chi connectivity index (χ3n) is 5.43. The number of nitrogens with zero attached hydrogens (tertiary/aromatic N) is 1. The summed E-state index contributed by atoms with van der Waals surface area (Å²) in [5.74, 6) is 1.89. The van der Waals surface area contributed by atoms with Gasteiger partial charge < -0.3 is 10.2 Å². The predicted octanol–water partition coefficient (Wildman–Crippen LogP) is 3.28. The third-order valence-corrected chi connectivity index (χ3v) is 5.43. The Bertz CT molecular complexity index is 227. The molecule has 0 radical (unpaired) electrons. The quantitative estimate of drug-likeness (QED) is 0.808. The molecule has 0 amide bonds. The molecular formula is C16H32N2. The van der Waals surface area contributed by atoms with Gasteiger partial charge in [0.15, 0.2) is 0 Å².